The Labute approximate surface area is 135 Å². The molecule has 0 spiro atoms. The third-order valence-corrected chi connectivity index (χ3v) is 2.54. The molecule has 1 N–H and O–H groups in total. The third kappa shape index (κ3) is 7.42. The lowest BCUT2D eigenvalue weighted by atomic mass is 10.2. The topological polar surface area (TPSA) is 99.1 Å². The maximum atomic E-state index is 11.7. The second kappa shape index (κ2) is 9.58. The van der Waals surface area contributed by atoms with Gasteiger partial charge in [-0.05, 0) is 20.8 Å². The van der Waals surface area contributed by atoms with E-state index in [2.05, 4.69) is 19.7 Å². The molecule has 0 aliphatic rings. The Morgan fingerprint density at radius 3 is 1.57 bits per heavy atom. The van der Waals surface area contributed by atoms with Gasteiger partial charge in [0.1, 0.15) is 6.61 Å². The standard InChI is InChI=1S/C16H22O7/c1-9(2)14(18)21-8-13(23-16(20)11(5)6)12(7-17)22-15(19)10(3)4/h12-13,17H,1,3,5,7-8H2,2,4,6H3. The van der Waals surface area contributed by atoms with Crippen molar-refractivity contribution in [2.45, 2.75) is 33.0 Å². The van der Waals surface area contributed by atoms with Crippen LogP contribution in [0.3, 0.4) is 0 Å². The Kier molecular flexibility index (Phi) is 8.57. The fraction of sp³-hybridized carbons (Fsp3) is 0.438. The molecule has 0 heterocycles. The summed E-state index contributed by atoms with van der Waals surface area (Å²) in [7, 11) is 0. The van der Waals surface area contributed by atoms with Crippen molar-refractivity contribution < 1.29 is 33.7 Å². The Morgan fingerprint density at radius 2 is 1.22 bits per heavy atom. The van der Waals surface area contributed by atoms with Crippen LogP contribution in [0, 0.1) is 0 Å². The first kappa shape index (κ1) is 20.6. The molecule has 128 valence electrons. The lowest BCUT2D eigenvalue weighted by Crippen LogP contribution is -2.41. The molecule has 7 heteroatoms. The van der Waals surface area contributed by atoms with Crippen LogP contribution in [0.1, 0.15) is 20.8 Å². The molecular weight excluding hydrogens is 304 g/mol. The first-order chi connectivity index (χ1) is 10.6. The zero-order chi connectivity index (χ0) is 18.2. The molecule has 0 fully saturated rings. The van der Waals surface area contributed by atoms with Crippen LogP contribution in [-0.4, -0.2) is 48.4 Å². The number of aliphatic hydroxyl groups excluding tert-OH is 1. The molecule has 0 aliphatic heterocycles. The van der Waals surface area contributed by atoms with Gasteiger partial charge >= 0.3 is 17.9 Å². The average Bonchev–Trinajstić information content (AvgIpc) is 2.47. The molecule has 0 bridgehead atoms. The molecule has 0 radical (unpaired) electrons. The lowest BCUT2D eigenvalue weighted by Gasteiger charge is -2.25. The van der Waals surface area contributed by atoms with E-state index in [0.29, 0.717) is 0 Å². The van der Waals surface area contributed by atoms with Crippen molar-refractivity contribution >= 4 is 17.9 Å². The van der Waals surface area contributed by atoms with Gasteiger partial charge in [0, 0.05) is 16.7 Å². The highest BCUT2D eigenvalue weighted by molar-refractivity contribution is 5.88. The Bertz CT molecular complexity index is 519. The van der Waals surface area contributed by atoms with E-state index in [9.17, 15) is 19.5 Å². The van der Waals surface area contributed by atoms with Gasteiger partial charge in [-0.1, -0.05) is 19.7 Å². The van der Waals surface area contributed by atoms with Gasteiger partial charge in [-0.15, -0.1) is 0 Å². The number of aliphatic hydroxyl groups is 1. The van der Waals surface area contributed by atoms with Crippen LogP contribution in [0.4, 0.5) is 0 Å². The summed E-state index contributed by atoms with van der Waals surface area (Å²) in [5, 5.41) is 9.37. The summed E-state index contributed by atoms with van der Waals surface area (Å²) < 4.78 is 15.0. The number of hydrogen-bond donors (Lipinski definition) is 1. The van der Waals surface area contributed by atoms with E-state index in [4.69, 9.17) is 14.2 Å². The molecule has 0 rings (SSSR count). The quantitative estimate of drug-likeness (QED) is 0.384. The van der Waals surface area contributed by atoms with Crippen LogP contribution >= 0.6 is 0 Å². The zero-order valence-electron chi connectivity index (χ0n) is 13.6. The maximum Gasteiger partial charge on any atom is 0.333 e. The van der Waals surface area contributed by atoms with Gasteiger partial charge in [0.15, 0.2) is 12.2 Å². The van der Waals surface area contributed by atoms with Gasteiger partial charge in [-0.25, -0.2) is 14.4 Å². The molecule has 0 aromatic carbocycles. The predicted octanol–water partition coefficient (Wildman–Crippen LogP) is 1.07. The highest BCUT2D eigenvalue weighted by atomic mass is 16.6. The van der Waals surface area contributed by atoms with Crippen molar-refractivity contribution in [3.8, 4) is 0 Å². The monoisotopic (exact) mass is 326 g/mol. The van der Waals surface area contributed by atoms with E-state index in [1.54, 1.807) is 0 Å². The van der Waals surface area contributed by atoms with Gasteiger partial charge in [-0.3, -0.25) is 0 Å². The van der Waals surface area contributed by atoms with Crippen molar-refractivity contribution in [2.24, 2.45) is 0 Å². The lowest BCUT2D eigenvalue weighted by molar-refractivity contribution is -0.173. The first-order valence-electron chi connectivity index (χ1n) is 6.76. The fourth-order valence-corrected chi connectivity index (χ4v) is 1.21. The average molecular weight is 326 g/mol. The Hall–Kier alpha value is -2.41. The van der Waals surface area contributed by atoms with E-state index >= 15 is 0 Å². The second-order valence-corrected chi connectivity index (χ2v) is 5.01. The molecule has 0 saturated heterocycles. The third-order valence-electron chi connectivity index (χ3n) is 2.54. The van der Waals surface area contributed by atoms with E-state index in [1.807, 2.05) is 0 Å². The highest BCUT2D eigenvalue weighted by Crippen LogP contribution is 2.11. The minimum absolute atomic E-state index is 0.101. The predicted molar refractivity (Wildman–Crippen MR) is 82.2 cm³/mol. The molecule has 7 nitrogen and oxygen atoms in total. The van der Waals surface area contributed by atoms with Gasteiger partial charge in [-0.2, -0.15) is 0 Å². The maximum absolute atomic E-state index is 11.7. The van der Waals surface area contributed by atoms with Crippen LogP contribution in [0.2, 0.25) is 0 Å². The van der Waals surface area contributed by atoms with Crippen molar-refractivity contribution in [1.82, 2.24) is 0 Å². The molecule has 0 aromatic rings. The van der Waals surface area contributed by atoms with Gasteiger partial charge in [0.2, 0.25) is 0 Å². The fourth-order valence-electron chi connectivity index (χ4n) is 1.21. The van der Waals surface area contributed by atoms with E-state index < -0.39 is 43.3 Å². The zero-order valence-corrected chi connectivity index (χ0v) is 13.6. The van der Waals surface area contributed by atoms with Crippen LogP contribution in [0.15, 0.2) is 36.5 Å². The van der Waals surface area contributed by atoms with Crippen LogP contribution < -0.4 is 0 Å². The number of carbonyl (C=O) groups excluding carboxylic acids is 3. The van der Waals surface area contributed by atoms with E-state index in [-0.39, 0.29) is 16.7 Å². The smallest absolute Gasteiger partial charge is 0.333 e. The molecule has 0 aromatic heterocycles. The molecule has 0 aliphatic carbocycles. The number of carbonyl (C=O) groups is 3. The Morgan fingerprint density at radius 1 is 0.826 bits per heavy atom. The van der Waals surface area contributed by atoms with Crippen molar-refractivity contribution in [2.75, 3.05) is 13.2 Å². The van der Waals surface area contributed by atoms with Gasteiger partial charge < -0.3 is 19.3 Å². The first-order valence-corrected chi connectivity index (χ1v) is 6.76. The van der Waals surface area contributed by atoms with Crippen LogP contribution in [0.25, 0.3) is 0 Å². The minimum atomic E-state index is -1.22. The molecule has 0 amide bonds. The molecule has 2 atom stereocenters. The number of rotatable bonds is 9. The largest absolute Gasteiger partial charge is 0.458 e. The number of esters is 3. The SMILES string of the molecule is C=C(C)C(=O)OCC(OC(=O)C(=C)C)C(CO)OC(=O)C(=C)C. The second-order valence-electron chi connectivity index (χ2n) is 5.01. The number of hydrogen-bond acceptors (Lipinski definition) is 7. The van der Waals surface area contributed by atoms with Crippen molar-refractivity contribution in [3.63, 3.8) is 0 Å². The summed E-state index contributed by atoms with van der Waals surface area (Å²) in [6.45, 7) is 13.5. The highest BCUT2D eigenvalue weighted by Gasteiger charge is 2.30. The van der Waals surface area contributed by atoms with Crippen molar-refractivity contribution in [1.29, 1.82) is 0 Å². The summed E-state index contributed by atoms with van der Waals surface area (Å²) in [6, 6.07) is 0. The summed E-state index contributed by atoms with van der Waals surface area (Å²) in [6.07, 6.45) is -2.42. The van der Waals surface area contributed by atoms with Crippen LogP contribution in [-0.2, 0) is 28.6 Å². The minimum Gasteiger partial charge on any atom is -0.458 e. The summed E-state index contributed by atoms with van der Waals surface area (Å²) in [5.41, 5.74) is 0.353. The molecular formula is C16H22O7. The van der Waals surface area contributed by atoms with E-state index in [1.165, 1.54) is 20.8 Å². The molecule has 23 heavy (non-hydrogen) atoms. The Balaban J connectivity index is 5.11. The summed E-state index contributed by atoms with van der Waals surface area (Å²) >= 11 is 0. The van der Waals surface area contributed by atoms with Gasteiger partial charge in [0.25, 0.3) is 0 Å². The normalized spacial score (nSPS) is 12.5. The summed E-state index contributed by atoms with van der Waals surface area (Å²) in [4.78, 5) is 34.7. The van der Waals surface area contributed by atoms with Crippen molar-refractivity contribution in [3.05, 3.63) is 36.5 Å². The molecule has 2 unspecified atom stereocenters. The van der Waals surface area contributed by atoms with Crippen LogP contribution in [0.5, 0.6) is 0 Å². The van der Waals surface area contributed by atoms with E-state index in [0.717, 1.165) is 0 Å². The van der Waals surface area contributed by atoms with Gasteiger partial charge in [0.05, 0.1) is 6.61 Å². The number of ether oxygens (including phenoxy) is 3. The molecule has 0 saturated carbocycles. The summed E-state index contributed by atoms with van der Waals surface area (Å²) in [5.74, 6) is -2.25.